The Labute approximate surface area is 185 Å². The molecular weight excluding hydrogens is 444 g/mol. The fourth-order valence-electron chi connectivity index (χ4n) is 2.94. The van der Waals surface area contributed by atoms with Gasteiger partial charge in [-0.3, -0.25) is 4.99 Å². The van der Waals surface area contributed by atoms with Crippen LogP contribution in [0.4, 0.5) is 5.95 Å². The van der Waals surface area contributed by atoms with Gasteiger partial charge in [0.2, 0.25) is 5.95 Å². The van der Waals surface area contributed by atoms with Crippen LogP contribution in [0.25, 0.3) is 0 Å². The van der Waals surface area contributed by atoms with Gasteiger partial charge in [0.1, 0.15) is 5.82 Å². The molecule has 9 heteroatoms. The van der Waals surface area contributed by atoms with Crippen LogP contribution >= 0.6 is 15.9 Å². The molecule has 0 bridgehead atoms. The van der Waals surface area contributed by atoms with E-state index in [2.05, 4.69) is 63.2 Å². The van der Waals surface area contributed by atoms with Crippen LogP contribution in [-0.4, -0.2) is 45.5 Å². The third kappa shape index (κ3) is 7.47. The second-order valence-electron chi connectivity index (χ2n) is 6.78. The maximum absolute atomic E-state index is 5.97. The molecule has 30 heavy (non-hydrogen) atoms. The Hall–Kier alpha value is -2.94. The van der Waals surface area contributed by atoms with Crippen LogP contribution in [-0.2, 0) is 13.0 Å². The zero-order valence-corrected chi connectivity index (χ0v) is 18.4. The maximum Gasteiger partial charge on any atom is 0.225 e. The summed E-state index contributed by atoms with van der Waals surface area (Å²) >= 11 is 3.48. The van der Waals surface area contributed by atoms with E-state index in [0.717, 1.165) is 49.2 Å². The van der Waals surface area contributed by atoms with Crippen LogP contribution < -0.4 is 16.0 Å². The number of aryl methyl sites for hydroxylation is 1. The monoisotopic (exact) mass is 470 g/mol. The van der Waals surface area contributed by atoms with E-state index in [1.807, 2.05) is 24.4 Å². The first-order valence-electron chi connectivity index (χ1n) is 9.99. The van der Waals surface area contributed by atoms with Gasteiger partial charge in [-0.1, -0.05) is 28.1 Å². The average molecular weight is 471 g/mol. The van der Waals surface area contributed by atoms with E-state index >= 15 is 0 Å². The quantitative estimate of drug-likeness (QED) is 0.226. The molecule has 0 radical (unpaired) electrons. The molecule has 3 rings (SSSR count). The molecule has 0 atom stereocenters. The number of anilines is 1. The minimum Gasteiger partial charge on any atom is -0.370 e. The zero-order chi connectivity index (χ0) is 21.0. The standard InChI is InChI=1S/C21H27BrN8/c22-18-7-5-17(6-8-18)16-30(21-28-10-2-11-29-21)15-3-12-27-20(23)26-9-1-4-19-24-13-14-25-19/h2,5-8,10-11,13-14H,1,3-4,9,12,15-16H2,(H,24,25)(H3,23,26,27). The summed E-state index contributed by atoms with van der Waals surface area (Å²) < 4.78 is 1.07. The van der Waals surface area contributed by atoms with Gasteiger partial charge in [-0.2, -0.15) is 0 Å². The van der Waals surface area contributed by atoms with E-state index in [4.69, 9.17) is 5.73 Å². The highest BCUT2D eigenvalue weighted by molar-refractivity contribution is 9.10. The predicted molar refractivity (Wildman–Crippen MR) is 123 cm³/mol. The second kappa shape index (κ2) is 11.9. The number of aromatic nitrogens is 4. The number of rotatable bonds is 11. The van der Waals surface area contributed by atoms with Gasteiger partial charge in [-0.25, -0.2) is 15.0 Å². The molecule has 0 aliphatic carbocycles. The van der Waals surface area contributed by atoms with Gasteiger partial charge in [0, 0.05) is 61.9 Å². The Balaban J connectivity index is 1.44. The Morgan fingerprint density at radius 2 is 1.90 bits per heavy atom. The molecule has 0 fully saturated rings. The van der Waals surface area contributed by atoms with Crippen molar-refractivity contribution in [3.8, 4) is 0 Å². The molecule has 158 valence electrons. The highest BCUT2D eigenvalue weighted by Gasteiger charge is 2.09. The highest BCUT2D eigenvalue weighted by Crippen LogP contribution is 2.15. The summed E-state index contributed by atoms with van der Waals surface area (Å²) in [4.78, 5) is 22.7. The number of halogens is 1. The molecule has 3 aromatic rings. The molecule has 4 N–H and O–H groups in total. The first-order chi connectivity index (χ1) is 14.7. The summed E-state index contributed by atoms with van der Waals surface area (Å²) in [6.45, 7) is 2.93. The molecule has 0 saturated heterocycles. The van der Waals surface area contributed by atoms with E-state index in [9.17, 15) is 0 Å². The van der Waals surface area contributed by atoms with Gasteiger partial charge >= 0.3 is 0 Å². The van der Waals surface area contributed by atoms with Crippen molar-refractivity contribution in [2.24, 2.45) is 10.7 Å². The minimum absolute atomic E-state index is 0.477. The van der Waals surface area contributed by atoms with Gasteiger partial charge < -0.3 is 20.9 Å². The molecule has 0 spiro atoms. The van der Waals surface area contributed by atoms with Crippen LogP contribution in [0, 0.1) is 0 Å². The summed E-state index contributed by atoms with van der Waals surface area (Å²) in [6, 6.07) is 10.1. The van der Waals surface area contributed by atoms with E-state index < -0.39 is 0 Å². The number of nitrogens with one attached hydrogen (secondary N) is 2. The van der Waals surface area contributed by atoms with E-state index in [0.29, 0.717) is 18.5 Å². The van der Waals surface area contributed by atoms with E-state index in [1.54, 1.807) is 18.6 Å². The third-order valence-electron chi connectivity index (χ3n) is 4.44. The molecule has 1 aromatic carbocycles. The molecule has 0 aliphatic heterocycles. The lowest BCUT2D eigenvalue weighted by Gasteiger charge is -2.22. The lowest BCUT2D eigenvalue weighted by atomic mass is 10.2. The number of nitrogens with two attached hydrogens (primary N) is 1. The van der Waals surface area contributed by atoms with Crippen molar-refractivity contribution < 1.29 is 0 Å². The smallest absolute Gasteiger partial charge is 0.225 e. The summed E-state index contributed by atoms with van der Waals surface area (Å²) in [5, 5.41) is 3.15. The SMILES string of the molecule is NC(=NCCCN(Cc1ccc(Br)cc1)c1ncccn1)NCCCc1ncc[nH]1. The third-order valence-corrected chi connectivity index (χ3v) is 4.97. The summed E-state index contributed by atoms with van der Waals surface area (Å²) in [6.07, 6.45) is 9.80. The van der Waals surface area contributed by atoms with Crippen LogP contribution in [0.3, 0.4) is 0 Å². The lowest BCUT2D eigenvalue weighted by Crippen LogP contribution is -2.33. The van der Waals surface area contributed by atoms with Gasteiger partial charge in [-0.15, -0.1) is 0 Å². The Kier molecular flexibility index (Phi) is 8.64. The normalized spacial score (nSPS) is 11.4. The molecule has 2 heterocycles. The largest absolute Gasteiger partial charge is 0.370 e. The molecule has 8 nitrogen and oxygen atoms in total. The van der Waals surface area contributed by atoms with Gasteiger partial charge in [-0.05, 0) is 36.6 Å². The zero-order valence-electron chi connectivity index (χ0n) is 16.8. The van der Waals surface area contributed by atoms with Crippen LogP contribution in [0.2, 0.25) is 0 Å². The number of imidazole rings is 1. The summed E-state index contributed by atoms with van der Waals surface area (Å²) in [5.74, 6) is 2.18. The maximum atomic E-state index is 5.97. The minimum atomic E-state index is 0.477. The number of H-pyrrole nitrogens is 1. The van der Waals surface area contributed by atoms with Gasteiger partial charge in [0.25, 0.3) is 0 Å². The number of aromatic amines is 1. The molecule has 0 unspecified atom stereocenters. The van der Waals surface area contributed by atoms with Crippen molar-refractivity contribution >= 4 is 27.8 Å². The van der Waals surface area contributed by atoms with Crippen molar-refractivity contribution in [1.82, 2.24) is 25.3 Å². The average Bonchev–Trinajstić information content (AvgIpc) is 3.29. The van der Waals surface area contributed by atoms with Crippen LogP contribution in [0.1, 0.15) is 24.2 Å². The van der Waals surface area contributed by atoms with Crippen molar-refractivity contribution in [1.29, 1.82) is 0 Å². The number of nitrogens with zero attached hydrogens (tertiary/aromatic N) is 5. The van der Waals surface area contributed by atoms with Crippen LogP contribution in [0.5, 0.6) is 0 Å². The Bertz CT molecular complexity index is 881. The Morgan fingerprint density at radius 1 is 1.10 bits per heavy atom. The highest BCUT2D eigenvalue weighted by atomic mass is 79.9. The first kappa shape index (κ1) is 21.8. The number of hydrogen-bond donors (Lipinski definition) is 3. The second-order valence-corrected chi connectivity index (χ2v) is 7.70. The van der Waals surface area contributed by atoms with Crippen molar-refractivity contribution in [3.63, 3.8) is 0 Å². The molecule has 2 aromatic heterocycles. The molecule has 0 saturated carbocycles. The number of hydrogen-bond acceptors (Lipinski definition) is 5. The van der Waals surface area contributed by atoms with Gasteiger partial charge in [0.15, 0.2) is 5.96 Å². The Morgan fingerprint density at radius 3 is 2.63 bits per heavy atom. The van der Waals surface area contributed by atoms with Crippen LogP contribution in [0.15, 0.2) is 64.6 Å². The predicted octanol–water partition coefficient (Wildman–Crippen LogP) is 2.90. The molecule has 0 aliphatic rings. The van der Waals surface area contributed by atoms with Gasteiger partial charge in [0.05, 0.1) is 0 Å². The number of guanidine groups is 1. The topological polar surface area (TPSA) is 108 Å². The van der Waals surface area contributed by atoms with Crippen molar-refractivity contribution in [3.05, 3.63) is 71.0 Å². The fraction of sp³-hybridized carbons (Fsp3) is 0.333. The lowest BCUT2D eigenvalue weighted by molar-refractivity contribution is 0.708. The van der Waals surface area contributed by atoms with Crippen molar-refractivity contribution in [2.45, 2.75) is 25.8 Å². The van der Waals surface area contributed by atoms with Crippen molar-refractivity contribution in [2.75, 3.05) is 24.5 Å². The summed E-state index contributed by atoms with van der Waals surface area (Å²) in [7, 11) is 0. The molecular formula is C21H27BrN8. The van der Waals surface area contributed by atoms with E-state index in [-0.39, 0.29) is 0 Å². The van der Waals surface area contributed by atoms with E-state index in [1.165, 1.54) is 5.56 Å². The first-order valence-corrected chi connectivity index (χ1v) is 10.8. The number of aliphatic imine (C=N–C) groups is 1. The summed E-state index contributed by atoms with van der Waals surface area (Å²) in [5.41, 5.74) is 7.17. The number of benzene rings is 1. The molecule has 0 amide bonds. The fourth-order valence-corrected chi connectivity index (χ4v) is 3.20.